The van der Waals surface area contributed by atoms with Gasteiger partial charge in [0.15, 0.2) is 0 Å². The number of aryl methyl sites for hydroxylation is 1. The third-order valence-corrected chi connectivity index (χ3v) is 3.92. The minimum Gasteiger partial charge on any atom is -0.385 e. The van der Waals surface area contributed by atoms with E-state index in [4.69, 9.17) is 26.1 Å². The Morgan fingerprint density at radius 2 is 2.40 bits per heavy atom. The minimum atomic E-state index is 0.115. The van der Waals surface area contributed by atoms with E-state index in [0.717, 1.165) is 60.9 Å². The van der Waals surface area contributed by atoms with Gasteiger partial charge in [-0.1, -0.05) is 11.6 Å². The molecule has 0 bridgehead atoms. The molecule has 0 spiro atoms. The molecule has 0 radical (unpaired) electrons. The molecule has 1 aliphatic rings. The molecule has 1 unspecified atom stereocenters. The van der Waals surface area contributed by atoms with E-state index in [2.05, 4.69) is 4.57 Å². The van der Waals surface area contributed by atoms with Crippen LogP contribution in [0.2, 0.25) is 5.02 Å². The SMILES string of the molecule is COCCCn1c(C2CCCO2)nc2cc(Cl)ccc21. The van der Waals surface area contributed by atoms with Crippen molar-refractivity contribution in [1.82, 2.24) is 9.55 Å². The molecule has 1 fully saturated rings. The first-order valence-electron chi connectivity index (χ1n) is 7.06. The van der Waals surface area contributed by atoms with Crippen molar-refractivity contribution in [3.8, 4) is 0 Å². The maximum atomic E-state index is 6.07. The summed E-state index contributed by atoms with van der Waals surface area (Å²) in [6.07, 6.45) is 3.22. The summed E-state index contributed by atoms with van der Waals surface area (Å²) in [4.78, 5) is 4.75. The molecule has 4 nitrogen and oxygen atoms in total. The van der Waals surface area contributed by atoms with E-state index in [1.807, 2.05) is 18.2 Å². The van der Waals surface area contributed by atoms with Crippen LogP contribution in [0.1, 0.15) is 31.2 Å². The van der Waals surface area contributed by atoms with E-state index in [1.165, 1.54) is 0 Å². The lowest BCUT2D eigenvalue weighted by Gasteiger charge is -2.13. The number of halogens is 1. The standard InChI is InChI=1S/C15H19ClN2O2/c1-19-8-3-7-18-13-6-5-11(16)10-12(13)17-15(18)14-4-2-9-20-14/h5-6,10,14H,2-4,7-9H2,1H3. The first-order chi connectivity index (χ1) is 9.79. The quantitative estimate of drug-likeness (QED) is 0.791. The zero-order chi connectivity index (χ0) is 13.9. The van der Waals surface area contributed by atoms with Gasteiger partial charge in [0.05, 0.1) is 11.0 Å². The number of imidazole rings is 1. The fraction of sp³-hybridized carbons (Fsp3) is 0.533. The Bertz CT molecular complexity index is 591. The van der Waals surface area contributed by atoms with Gasteiger partial charge in [-0.2, -0.15) is 0 Å². The van der Waals surface area contributed by atoms with Crippen LogP contribution in [0.25, 0.3) is 11.0 Å². The summed E-state index contributed by atoms with van der Waals surface area (Å²) >= 11 is 6.07. The van der Waals surface area contributed by atoms with Crippen molar-refractivity contribution in [1.29, 1.82) is 0 Å². The summed E-state index contributed by atoms with van der Waals surface area (Å²) < 4.78 is 13.2. The Kier molecular flexibility index (Phi) is 4.24. The van der Waals surface area contributed by atoms with E-state index in [-0.39, 0.29) is 6.10 Å². The average molecular weight is 295 g/mol. The van der Waals surface area contributed by atoms with Crippen molar-refractivity contribution in [3.05, 3.63) is 29.0 Å². The Balaban J connectivity index is 1.99. The van der Waals surface area contributed by atoms with Crippen molar-refractivity contribution in [2.24, 2.45) is 0 Å². The number of hydrogen-bond acceptors (Lipinski definition) is 3. The fourth-order valence-electron chi connectivity index (χ4n) is 2.75. The van der Waals surface area contributed by atoms with Gasteiger partial charge in [0.2, 0.25) is 0 Å². The van der Waals surface area contributed by atoms with Gasteiger partial charge in [-0.25, -0.2) is 4.98 Å². The molecular formula is C15H19ClN2O2. The van der Waals surface area contributed by atoms with Crippen LogP contribution in [0, 0.1) is 0 Å². The van der Waals surface area contributed by atoms with Crippen molar-refractivity contribution < 1.29 is 9.47 Å². The second-order valence-corrected chi connectivity index (χ2v) is 5.54. The lowest BCUT2D eigenvalue weighted by Crippen LogP contribution is -2.10. The zero-order valence-corrected chi connectivity index (χ0v) is 12.4. The average Bonchev–Trinajstić information content (AvgIpc) is 3.06. The van der Waals surface area contributed by atoms with E-state index < -0.39 is 0 Å². The zero-order valence-electron chi connectivity index (χ0n) is 11.6. The first kappa shape index (κ1) is 13.9. The van der Waals surface area contributed by atoms with Crippen LogP contribution in [0.4, 0.5) is 0 Å². The molecule has 1 saturated heterocycles. The van der Waals surface area contributed by atoms with Gasteiger partial charge < -0.3 is 14.0 Å². The van der Waals surface area contributed by atoms with Gasteiger partial charge in [-0.15, -0.1) is 0 Å². The Labute approximate surface area is 123 Å². The van der Waals surface area contributed by atoms with E-state index >= 15 is 0 Å². The number of fused-ring (bicyclic) bond motifs is 1. The van der Waals surface area contributed by atoms with Gasteiger partial charge >= 0.3 is 0 Å². The molecule has 20 heavy (non-hydrogen) atoms. The van der Waals surface area contributed by atoms with Gasteiger partial charge in [-0.05, 0) is 37.5 Å². The summed E-state index contributed by atoms with van der Waals surface area (Å²) in [6, 6.07) is 5.87. The lowest BCUT2D eigenvalue weighted by molar-refractivity contribution is 0.101. The Morgan fingerprint density at radius 3 is 3.15 bits per heavy atom. The van der Waals surface area contributed by atoms with Crippen LogP contribution >= 0.6 is 11.6 Å². The normalized spacial score (nSPS) is 19.0. The van der Waals surface area contributed by atoms with Crippen LogP contribution < -0.4 is 0 Å². The van der Waals surface area contributed by atoms with E-state index in [9.17, 15) is 0 Å². The topological polar surface area (TPSA) is 36.3 Å². The largest absolute Gasteiger partial charge is 0.385 e. The molecule has 0 N–H and O–H groups in total. The van der Waals surface area contributed by atoms with Crippen LogP contribution in [0.5, 0.6) is 0 Å². The van der Waals surface area contributed by atoms with Crippen molar-refractivity contribution in [3.63, 3.8) is 0 Å². The molecule has 0 saturated carbocycles. The molecule has 2 aromatic rings. The summed E-state index contributed by atoms with van der Waals surface area (Å²) in [7, 11) is 1.73. The van der Waals surface area contributed by atoms with Gasteiger partial charge in [0.1, 0.15) is 11.9 Å². The first-order valence-corrected chi connectivity index (χ1v) is 7.43. The highest BCUT2D eigenvalue weighted by Gasteiger charge is 2.24. The van der Waals surface area contributed by atoms with Crippen LogP contribution in [0.3, 0.4) is 0 Å². The van der Waals surface area contributed by atoms with Crippen molar-refractivity contribution in [2.45, 2.75) is 31.9 Å². The number of methoxy groups -OCH3 is 1. The number of nitrogens with zero attached hydrogens (tertiary/aromatic N) is 2. The molecule has 1 atom stereocenters. The maximum Gasteiger partial charge on any atom is 0.139 e. The number of aromatic nitrogens is 2. The highest BCUT2D eigenvalue weighted by molar-refractivity contribution is 6.31. The lowest BCUT2D eigenvalue weighted by atomic mass is 10.2. The van der Waals surface area contributed by atoms with Crippen LogP contribution in [0.15, 0.2) is 18.2 Å². The summed E-state index contributed by atoms with van der Waals surface area (Å²) in [5, 5.41) is 0.720. The molecule has 1 aromatic heterocycles. The summed E-state index contributed by atoms with van der Waals surface area (Å²) in [5.41, 5.74) is 2.07. The smallest absolute Gasteiger partial charge is 0.139 e. The minimum absolute atomic E-state index is 0.115. The second kappa shape index (κ2) is 6.12. The van der Waals surface area contributed by atoms with Crippen LogP contribution in [-0.4, -0.2) is 29.9 Å². The molecule has 0 amide bonds. The maximum absolute atomic E-state index is 6.07. The Morgan fingerprint density at radius 1 is 1.50 bits per heavy atom. The van der Waals surface area contributed by atoms with Crippen molar-refractivity contribution >= 4 is 22.6 Å². The molecular weight excluding hydrogens is 276 g/mol. The van der Waals surface area contributed by atoms with Gasteiger partial charge in [0.25, 0.3) is 0 Å². The number of hydrogen-bond donors (Lipinski definition) is 0. The molecule has 2 heterocycles. The molecule has 1 aliphatic heterocycles. The highest BCUT2D eigenvalue weighted by atomic mass is 35.5. The molecule has 108 valence electrons. The number of ether oxygens (including phenoxy) is 2. The molecule has 1 aromatic carbocycles. The van der Waals surface area contributed by atoms with Gasteiger partial charge in [-0.3, -0.25) is 0 Å². The van der Waals surface area contributed by atoms with Crippen molar-refractivity contribution in [2.75, 3.05) is 20.3 Å². The van der Waals surface area contributed by atoms with Gasteiger partial charge in [0, 0.05) is 31.9 Å². The van der Waals surface area contributed by atoms with E-state index in [1.54, 1.807) is 7.11 Å². The fourth-order valence-corrected chi connectivity index (χ4v) is 2.92. The predicted molar refractivity (Wildman–Crippen MR) is 79.2 cm³/mol. The Hall–Kier alpha value is -1.10. The highest BCUT2D eigenvalue weighted by Crippen LogP contribution is 2.31. The summed E-state index contributed by atoms with van der Waals surface area (Å²) in [5.74, 6) is 1.02. The number of rotatable bonds is 5. The summed E-state index contributed by atoms with van der Waals surface area (Å²) in [6.45, 7) is 2.46. The number of benzene rings is 1. The second-order valence-electron chi connectivity index (χ2n) is 5.10. The third kappa shape index (κ3) is 2.68. The molecule has 3 rings (SSSR count). The van der Waals surface area contributed by atoms with Crippen LogP contribution in [-0.2, 0) is 16.0 Å². The molecule has 5 heteroatoms. The third-order valence-electron chi connectivity index (χ3n) is 3.69. The monoisotopic (exact) mass is 294 g/mol. The van der Waals surface area contributed by atoms with E-state index in [0.29, 0.717) is 0 Å². The molecule has 0 aliphatic carbocycles. The predicted octanol–water partition coefficient (Wildman–Crippen LogP) is 3.58.